The smallest absolute Gasteiger partial charge is 0.345 e. The first-order valence-electron chi connectivity index (χ1n) is 8.58. The van der Waals surface area contributed by atoms with Crippen LogP contribution in [-0.2, 0) is 0 Å². The summed E-state index contributed by atoms with van der Waals surface area (Å²) in [5.74, 6) is -0.506. The Hall–Kier alpha value is -2.12. The summed E-state index contributed by atoms with van der Waals surface area (Å²) < 4.78 is 0.842. The molecule has 1 N–H and O–H groups in total. The minimum atomic E-state index is -0.967. The highest BCUT2D eigenvalue weighted by Gasteiger charge is 2.24. The summed E-state index contributed by atoms with van der Waals surface area (Å²) in [6.07, 6.45) is 0. The van der Waals surface area contributed by atoms with E-state index in [4.69, 9.17) is 23.2 Å². The van der Waals surface area contributed by atoms with Crippen molar-refractivity contribution in [2.75, 3.05) is 29.9 Å². The average Bonchev–Trinajstić information content (AvgIpc) is 3.13. The van der Waals surface area contributed by atoms with Gasteiger partial charge in [0.1, 0.15) is 4.88 Å². The molecule has 0 spiro atoms. The Morgan fingerprint density at radius 2 is 1.64 bits per heavy atom. The number of thiophene rings is 1. The van der Waals surface area contributed by atoms with Crippen LogP contribution in [0.25, 0.3) is 10.1 Å². The fourth-order valence-electron chi connectivity index (χ4n) is 2.89. The number of hydrogen-bond acceptors (Lipinski definition) is 4. The molecule has 0 saturated heterocycles. The van der Waals surface area contributed by atoms with Crippen molar-refractivity contribution >= 4 is 62.2 Å². The zero-order valence-electron chi connectivity index (χ0n) is 14.8. The lowest BCUT2D eigenvalue weighted by atomic mass is 10.2. The van der Waals surface area contributed by atoms with Gasteiger partial charge in [-0.1, -0.05) is 18.2 Å². The molecule has 0 fully saturated rings. The van der Waals surface area contributed by atoms with E-state index in [2.05, 4.69) is 0 Å². The Morgan fingerprint density at radius 1 is 0.964 bits per heavy atom. The molecule has 3 aromatic rings. The summed E-state index contributed by atoms with van der Waals surface area (Å²) in [5.41, 5.74) is 1.17. The molecular weight excluding hydrogens is 419 g/mol. The Kier molecular flexibility index (Phi) is 6.91. The maximum absolute atomic E-state index is 13.3. The van der Waals surface area contributed by atoms with Crippen molar-refractivity contribution in [3.05, 3.63) is 65.0 Å². The van der Waals surface area contributed by atoms with Crippen LogP contribution >= 0.6 is 34.5 Å². The highest BCUT2D eigenvalue weighted by atomic mass is 35.5. The molecule has 146 valence electrons. The van der Waals surface area contributed by atoms with Gasteiger partial charge in [0, 0.05) is 35.1 Å². The Bertz CT molecular complexity index is 972. The van der Waals surface area contributed by atoms with Crippen molar-refractivity contribution in [1.82, 2.24) is 5.01 Å². The van der Waals surface area contributed by atoms with Gasteiger partial charge in [-0.15, -0.1) is 34.5 Å². The molecule has 1 aromatic heterocycles. The molecule has 0 atom stereocenters. The maximum Gasteiger partial charge on any atom is 0.345 e. The number of fused-ring (bicyclic) bond motifs is 1. The number of benzene rings is 2. The number of carboxylic acids is 1. The number of hydrogen-bond donors (Lipinski definition) is 1. The third-order valence-corrected chi connectivity index (χ3v) is 5.58. The van der Waals surface area contributed by atoms with Crippen molar-refractivity contribution in [2.45, 2.75) is 0 Å². The lowest BCUT2D eigenvalue weighted by molar-refractivity contribution is 0.0702. The number of halogens is 2. The second-order valence-electron chi connectivity index (χ2n) is 5.95. The summed E-state index contributed by atoms with van der Waals surface area (Å²) in [5, 5.41) is 13.4. The van der Waals surface area contributed by atoms with E-state index in [-0.39, 0.29) is 10.8 Å². The van der Waals surface area contributed by atoms with E-state index >= 15 is 0 Å². The fraction of sp³-hybridized carbons (Fsp3) is 0.200. The van der Waals surface area contributed by atoms with E-state index in [0.717, 1.165) is 10.1 Å². The normalized spacial score (nSPS) is 11.1. The van der Waals surface area contributed by atoms with Gasteiger partial charge in [0.15, 0.2) is 0 Å². The van der Waals surface area contributed by atoms with Crippen molar-refractivity contribution < 1.29 is 14.7 Å². The number of carboxylic acid groups (broad SMARTS) is 1. The SMILES string of the molecule is O=C(O)c1cc2cc(N(C(=O)c3ccccc3)N(CCCl)CCCl)ccc2s1. The largest absolute Gasteiger partial charge is 0.477 e. The van der Waals surface area contributed by atoms with Crippen molar-refractivity contribution in [3.63, 3.8) is 0 Å². The number of anilines is 1. The molecule has 1 amide bonds. The van der Waals surface area contributed by atoms with Gasteiger partial charge < -0.3 is 5.11 Å². The molecule has 0 bridgehead atoms. The lowest BCUT2D eigenvalue weighted by Gasteiger charge is -2.34. The van der Waals surface area contributed by atoms with Crippen LogP contribution in [0.5, 0.6) is 0 Å². The van der Waals surface area contributed by atoms with E-state index in [9.17, 15) is 14.7 Å². The van der Waals surface area contributed by atoms with Gasteiger partial charge in [0.2, 0.25) is 0 Å². The van der Waals surface area contributed by atoms with Gasteiger partial charge in [-0.2, -0.15) is 0 Å². The predicted octanol–water partition coefficient (Wildman–Crippen LogP) is 4.94. The number of hydrazine groups is 1. The monoisotopic (exact) mass is 436 g/mol. The molecule has 0 aliphatic rings. The predicted molar refractivity (Wildman–Crippen MR) is 115 cm³/mol. The fourth-order valence-corrected chi connectivity index (χ4v) is 4.16. The van der Waals surface area contributed by atoms with Crippen molar-refractivity contribution in [2.24, 2.45) is 0 Å². The number of aromatic carboxylic acids is 1. The molecule has 0 aliphatic heterocycles. The molecular formula is C20H18Cl2N2O3S. The second kappa shape index (κ2) is 9.39. The molecule has 0 saturated carbocycles. The quantitative estimate of drug-likeness (QED) is 0.401. The van der Waals surface area contributed by atoms with Crippen LogP contribution in [0.1, 0.15) is 20.0 Å². The van der Waals surface area contributed by atoms with Crippen LogP contribution in [0.2, 0.25) is 0 Å². The van der Waals surface area contributed by atoms with Gasteiger partial charge in [0.25, 0.3) is 5.91 Å². The molecule has 2 aromatic carbocycles. The van der Waals surface area contributed by atoms with Crippen LogP contribution in [0.3, 0.4) is 0 Å². The number of rotatable bonds is 8. The molecule has 3 rings (SSSR count). The number of nitrogens with zero attached hydrogens (tertiary/aromatic N) is 2. The molecule has 28 heavy (non-hydrogen) atoms. The number of alkyl halides is 2. The first kappa shape index (κ1) is 20.6. The minimum Gasteiger partial charge on any atom is -0.477 e. The van der Waals surface area contributed by atoms with Crippen LogP contribution in [0.15, 0.2) is 54.6 Å². The Labute approximate surface area is 176 Å². The number of amides is 1. The lowest BCUT2D eigenvalue weighted by Crippen LogP contribution is -2.48. The van der Waals surface area contributed by atoms with Gasteiger partial charge >= 0.3 is 5.97 Å². The first-order valence-corrected chi connectivity index (χ1v) is 10.5. The van der Waals surface area contributed by atoms with Gasteiger partial charge in [-0.05, 0) is 41.8 Å². The van der Waals surface area contributed by atoms with E-state index in [1.54, 1.807) is 46.4 Å². The highest BCUT2D eigenvalue weighted by Crippen LogP contribution is 2.31. The molecule has 0 unspecified atom stereocenters. The number of carbonyl (C=O) groups excluding carboxylic acids is 1. The summed E-state index contributed by atoms with van der Waals surface area (Å²) >= 11 is 13.1. The van der Waals surface area contributed by atoms with Gasteiger partial charge in [-0.25, -0.2) is 14.8 Å². The Balaban J connectivity index is 2.08. The molecule has 1 heterocycles. The zero-order chi connectivity index (χ0) is 20.1. The maximum atomic E-state index is 13.3. The molecule has 5 nitrogen and oxygen atoms in total. The van der Waals surface area contributed by atoms with E-state index in [1.807, 2.05) is 18.2 Å². The molecule has 0 radical (unpaired) electrons. The van der Waals surface area contributed by atoms with Crippen LogP contribution in [-0.4, -0.2) is 46.8 Å². The van der Waals surface area contributed by atoms with Gasteiger partial charge in [0.05, 0.1) is 5.69 Å². The van der Waals surface area contributed by atoms with Crippen molar-refractivity contribution in [1.29, 1.82) is 0 Å². The van der Waals surface area contributed by atoms with Crippen molar-refractivity contribution in [3.8, 4) is 0 Å². The van der Waals surface area contributed by atoms with Crippen LogP contribution in [0, 0.1) is 0 Å². The van der Waals surface area contributed by atoms with E-state index in [0.29, 0.717) is 36.1 Å². The van der Waals surface area contributed by atoms with Gasteiger partial charge in [-0.3, -0.25) is 4.79 Å². The standard InChI is InChI=1S/C20H18Cl2N2O3S/c21-8-10-23(11-9-22)24(19(25)14-4-2-1-3-5-14)16-6-7-17-15(12-16)13-18(28-17)20(26)27/h1-7,12-13H,8-11H2,(H,26,27). The van der Waals surface area contributed by atoms with E-state index < -0.39 is 5.97 Å². The van der Waals surface area contributed by atoms with Crippen LogP contribution in [0.4, 0.5) is 5.69 Å². The third kappa shape index (κ3) is 4.47. The molecule has 8 heteroatoms. The topological polar surface area (TPSA) is 60.9 Å². The van der Waals surface area contributed by atoms with Crippen LogP contribution < -0.4 is 5.01 Å². The zero-order valence-corrected chi connectivity index (χ0v) is 17.2. The second-order valence-corrected chi connectivity index (χ2v) is 7.79. The summed E-state index contributed by atoms with van der Waals surface area (Å²) in [4.78, 5) is 24.8. The average molecular weight is 437 g/mol. The van der Waals surface area contributed by atoms with E-state index in [1.165, 1.54) is 11.3 Å². The molecule has 0 aliphatic carbocycles. The third-order valence-electron chi connectivity index (χ3n) is 4.14. The summed E-state index contributed by atoms with van der Waals surface area (Å²) in [6.45, 7) is 0.879. The first-order chi connectivity index (χ1) is 13.5. The minimum absolute atomic E-state index is 0.205. The summed E-state index contributed by atoms with van der Waals surface area (Å²) in [7, 11) is 0. The highest BCUT2D eigenvalue weighted by molar-refractivity contribution is 7.20. The summed E-state index contributed by atoms with van der Waals surface area (Å²) in [6, 6.07) is 16.0. The number of carbonyl (C=O) groups is 2. The Morgan fingerprint density at radius 3 is 2.25 bits per heavy atom.